The fourth-order valence-electron chi connectivity index (χ4n) is 3.99. The van der Waals surface area contributed by atoms with Crippen LogP contribution in [0.5, 0.6) is 0 Å². The van der Waals surface area contributed by atoms with Crippen molar-refractivity contribution in [2.24, 2.45) is 0 Å². The first-order chi connectivity index (χ1) is 15.1. The molecule has 5 nitrogen and oxygen atoms in total. The summed E-state index contributed by atoms with van der Waals surface area (Å²) in [5.74, 6) is -0.126. The maximum Gasteiger partial charge on any atom is 0.255 e. The highest BCUT2D eigenvalue weighted by Crippen LogP contribution is 2.25. The van der Waals surface area contributed by atoms with Crippen LogP contribution in [-0.4, -0.2) is 30.0 Å². The largest absolute Gasteiger partial charge is 0.371 e. The molecule has 0 unspecified atom stereocenters. The molecular weight excluding hydrogens is 408 g/mol. The third kappa shape index (κ3) is 5.63. The number of benzene rings is 2. The number of anilines is 2. The van der Waals surface area contributed by atoms with Crippen molar-refractivity contribution in [3.63, 3.8) is 0 Å². The zero-order chi connectivity index (χ0) is 21.6. The van der Waals surface area contributed by atoms with Gasteiger partial charge in [0.2, 0.25) is 0 Å². The van der Waals surface area contributed by atoms with Crippen molar-refractivity contribution in [3.05, 3.63) is 89.2 Å². The molecule has 0 radical (unpaired) electrons. The molecule has 0 aliphatic carbocycles. The van der Waals surface area contributed by atoms with Crippen molar-refractivity contribution in [2.75, 3.05) is 23.3 Å². The van der Waals surface area contributed by atoms with Crippen LogP contribution in [-0.2, 0) is 0 Å². The van der Waals surface area contributed by atoms with Crippen molar-refractivity contribution >= 4 is 28.9 Å². The fraction of sp³-hybridized carbons (Fsp3) is 0.280. The number of nitrogens with one attached hydrogen (secondary N) is 2. The van der Waals surface area contributed by atoms with E-state index in [0.29, 0.717) is 17.6 Å². The molecule has 1 aliphatic heterocycles. The number of hydrogen-bond acceptors (Lipinski definition) is 4. The lowest BCUT2D eigenvalue weighted by atomic mass is 10.0. The van der Waals surface area contributed by atoms with E-state index in [1.165, 1.54) is 5.56 Å². The van der Waals surface area contributed by atoms with Crippen LogP contribution in [0, 0.1) is 0 Å². The minimum absolute atomic E-state index is 0.126. The third-order valence-electron chi connectivity index (χ3n) is 5.76. The molecule has 31 heavy (non-hydrogen) atoms. The van der Waals surface area contributed by atoms with Crippen LogP contribution in [0.3, 0.4) is 0 Å². The Morgan fingerprint density at radius 2 is 1.77 bits per heavy atom. The summed E-state index contributed by atoms with van der Waals surface area (Å²) >= 11 is 6.00. The first kappa shape index (κ1) is 21.3. The summed E-state index contributed by atoms with van der Waals surface area (Å²) in [5, 5.41) is 7.50. The molecule has 1 saturated heterocycles. The highest BCUT2D eigenvalue weighted by molar-refractivity contribution is 6.30. The van der Waals surface area contributed by atoms with Crippen LogP contribution < -0.4 is 15.5 Å². The maximum absolute atomic E-state index is 12.4. The predicted octanol–water partition coefficient (Wildman–Crippen LogP) is 5.31. The molecule has 0 spiro atoms. The van der Waals surface area contributed by atoms with Crippen molar-refractivity contribution < 1.29 is 4.79 Å². The lowest BCUT2D eigenvalue weighted by Crippen LogP contribution is -2.43. The molecular formula is C25H27ClN4O. The van der Waals surface area contributed by atoms with Gasteiger partial charge in [-0.2, -0.15) is 0 Å². The number of nitrogens with zero attached hydrogens (tertiary/aromatic N) is 2. The van der Waals surface area contributed by atoms with E-state index in [1.54, 1.807) is 24.5 Å². The summed E-state index contributed by atoms with van der Waals surface area (Å²) in [4.78, 5) is 18.8. The van der Waals surface area contributed by atoms with Gasteiger partial charge < -0.3 is 15.5 Å². The highest BCUT2D eigenvalue weighted by atomic mass is 35.5. The second-order valence-corrected chi connectivity index (χ2v) is 8.38. The minimum atomic E-state index is -0.126. The van der Waals surface area contributed by atoms with Gasteiger partial charge in [0.15, 0.2) is 0 Å². The third-order valence-corrected chi connectivity index (χ3v) is 6.01. The first-order valence-electron chi connectivity index (χ1n) is 10.7. The normalized spacial score (nSPS) is 15.5. The molecule has 4 rings (SSSR count). The molecule has 1 aliphatic rings. The Morgan fingerprint density at radius 3 is 2.48 bits per heavy atom. The Balaban J connectivity index is 1.32. The lowest BCUT2D eigenvalue weighted by Gasteiger charge is -2.35. The fourth-order valence-corrected chi connectivity index (χ4v) is 4.12. The van der Waals surface area contributed by atoms with Crippen molar-refractivity contribution in [1.82, 2.24) is 10.3 Å². The van der Waals surface area contributed by atoms with Gasteiger partial charge in [-0.3, -0.25) is 9.78 Å². The number of pyridine rings is 1. The van der Waals surface area contributed by atoms with Gasteiger partial charge in [0.25, 0.3) is 5.91 Å². The van der Waals surface area contributed by atoms with Crippen LogP contribution in [0.1, 0.15) is 41.7 Å². The zero-order valence-corrected chi connectivity index (χ0v) is 18.3. The van der Waals surface area contributed by atoms with Crippen molar-refractivity contribution in [3.8, 4) is 0 Å². The molecule has 0 bridgehead atoms. The number of piperidine rings is 1. The van der Waals surface area contributed by atoms with Gasteiger partial charge in [0.05, 0.1) is 0 Å². The Hall–Kier alpha value is -2.89. The number of carbonyl (C=O) groups is 1. The summed E-state index contributed by atoms with van der Waals surface area (Å²) in [6.45, 7) is 4.16. The van der Waals surface area contributed by atoms with Gasteiger partial charge >= 0.3 is 0 Å². The lowest BCUT2D eigenvalue weighted by molar-refractivity contribution is 0.102. The highest BCUT2D eigenvalue weighted by Gasteiger charge is 2.21. The predicted molar refractivity (Wildman–Crippen MR) is 127 cm³/mol. The van der Waals surface area contributed by atoms with E-state index in [-0.39, 0.29) is 5.91 Å². The maximum atomic E-state index is 12.4. The SMILES string of the molecule is C[C@H](NC1CCN(c2cccc(NC(=O)c3ccncc3)c2)CC1)c1ccc(Cl)cc1. The molecule has 1 fully saturated rings. The van der Waals surface area contributed by atoms with Crippen LogP contribution in [0.2, 0.25) is 5.02 Å². The first-order valence-corrected chi connectivity index (χ1v) is 11.0. The van der Waals surface area contributed by atoms with Crippen molar-refractivity contribution in [2.45, 2.75) is 31.8 Å². The monoisotopic (exact) mass is 434 g/mol. The van der Waals surface area contributed by atoms with E-state index in [2.05, 4.69) is 45.6 Å². The molecule has 0 saturated carbocycles. The molecule has 2 N–H and O–H groups in total. The summed E-state index contributed by atoms with van der Waals surface area (Å²) < 4.78 is 0. The van der Waals surface area contributed by atoms with E-state index >= 15 is 0 Å². The standard InChI is InChI=1S/C25H27ClN4O/c1-18(19-5-7-21(26)8-6-19)28-22-11-15-30(16-12-22)24-4-2-3-23(17-24)29-25(31)20-9-13-27-14-10-20/h2-10,13-14,17-18,22,28H,11-12,15-16H2,1H3,(H,29,31)/t18-/m0/s1. The van der Waals surface area contributed by atoms with Gasteiger partial charge in [-0.25, -0.2) is 0 Å². The number of aromatic nitrogens is 1. The molecule has 1 amide bonds. The zero-order valence-electron chi connectivity index (χ0n) is 17.6. The molecule has 1 atom stereocenters. The topological polar surface area (TPSA) is 57.3 Å². The van der Waals surface area contributed by atoms with Crippen LogP contribution in [0.4, 0.5) is 11.4 Å². The molecule has 2 heterocycles. The van der Waals surface area contributed by atoms with Gasteiger partial charge in [-0.05, 0) is 67.8 Å². The average molecular weight is 435 g/mol. The van der Waals surface area contributed by atoms with Crippen LogP contribution in [0.25, 0.3) is 0 Å². The second-order valence-electron chi connectivity index (χ2n) is 7.94. The summed E-state index contributed by atoms with van der Waals surface area (Å²) in [6.07, 6.45) is 5.39. The Morgan fingerprint density at radius 1 is 1.06 bits per heavy atom. The molecule has 1 aromatic heterocycles. The van der Waals surface area contributed by atoms with E-state index in [1.807, 2.05) is 30.3 Å². The van der Waals surface area contributed by atoms with Crippen LogP contribution in [0.15, 0.2) is 73.1 Å². The van der Waals surface area contributed by atoms with Gasteiger partial charge in [0, 0.05) is 59.5 Å². The summed E-state index contributed by atoms with van der Waals surface area (Å²) in [7, 11) is 0. The second kappa shape index (κ2) is 9.94. The van der Waals surface area contributed by atoms with Gasteiger partial charge in [-0.15, -0.1) is 0 Å². The number of amides is 1. The molecule has 6 heteroatoms. The van der Waals surface area contributed by atoms with Crippen molar-refractivity contribution in [1.29, 1.82) is 0 Å². The number of halogens is 1. The Labute approximate surface area is 188 Å². The molecule has 3 aromatic rings. The number of rotatable bonds is 6. The Kier molecular flexibility index (Phi) is 6.85. The number of hydrogen-bond donors (Lipinski definition) is 2. The quantitative estimate of drug-likeness (QED) is 0.552. The average Bonchev–Trinajstić information content (AvgIpc) is 2.81. The van der Waals surface area contributed by atoms with E-state index in [4.69, 9.17) is 11.6 Å². The summed E-state index contributed by atoms with van der Waals surface area (Å²) in [5.41, 5.74) is 3.79. The van der Waals surface area contributed by atoms with Gasteiger partial charge in [-0.1, -0.05) is 29.8 Å². The minimum Gasteiger partial charge on any atom is -0.371 e. The summed E-state index contributed by atoms with van der Waals surface area (Å²) in [6, 6.07) is 20.3. The smallest absolute Gasteiger partial charge is 0.255 e. The Bertz CT molecular complexity index is 1000. The van der Waals surface area contributed by atoms with E-state index in [9.17, 15) is 4.79 Å². The van der Waals surface area contributed by atoms with Gasteiger partial charge in [0.1, 0.15) is 0 Å². The van der Waals surface area contributed by atoms with E-state index in [0.717, 1.165) is 42.3 Å². The van der Waals surface area contributed by atoms with E-state index < -0.39 is 0 Å². The number of carbonyl (C=O) groups excluding carboxylic acids is 1. The molecule has 2 aromatic carbocycles. The molecule has 160 valence electrons. The van der Waals surface area contributed by atoms with Crippen LogP contribution >= 0.6 is 11.6 Å².